The second-order valence-corrected chi connectivity index (χ2v) is 5.50. The second-order valence-electron chi connectivity index (χ2n) is 5.50. The number of amides is 1. The van der Waals surface area contributed by atoms with Crippen LogP contribution in [-0.2, 0) is 4.79 Å². The molecule has 104 valence electrons. The summed E-state index contributed by atoms with van der Waals surface area (Å²) in [5, 5.41) is 6.35. The summed E-state index contributed by atoms with van der Waals surface area (Å²) in [5.74, 6) is 0.104. The lowest BCUT2D eigenvalue weighted by Crippen LogP contribution is -2.39. The fourth-order valence-corrected chi connectivity index (χ4v) is 2.64. The van der Waals surface area contributed by atoms with Gasteiger partial charge in [0.2, 0.25) is 5.91 Å². The van der Waals surface area contributed by atoms with Gasteiger partial charge in [-0.2, -0.15) is 0 Å². The van der Waals surface area contributed by atoms with Crippen molar-refractivity contribution in [2.75, 3.05) is 11.9 Å². The lowest BCUT2D eigenvalue weighted by Gasteiger charge is -2.23. The van der Waals surface area contributed by atoms with Crippen LogP contribution in [0, 0.1) is 13.8 Å². The molecule has 0 heterocycles. The molecule has 3 nitrogen and oxygen atoms in total. The number of rotatable bonds is 4. The third-order valence-electron chi connectivity index (χ3n) is 4.01. The zero-order valence-electron chi connectivity index (χ0n) is 12.0. The first-order valence-corrected chi connectivity index (χ1v) is 7.26. The molecule has 0 aliphatic heterocycles. The molecular weight excluding hydrogens is 236 g/mol. The van der Waals surface area contributed by atoms with Crippen molar-refractivity contribution >= 4 is 11.6 Å². The standard InChI is InChI=1S/C16H24N2O/c1-12-7-6-10-15(13(12)2)17-11-16(19)18-14-8-4-3-5-9-14/h6-7,10,14,17H,3-5,8-9,11H2,1-2H3,(H,18,19). The summed E-state index contributed by atoms with van der Waals surface area (Å²) in [4.78, 5) is 11.9. The highest BCUT2D eigenvalue weighted by Crippen LogP contribution is 2.18. The molecule has 1 saturated carbocycles. The van der Waals surface area contributed by atoms with E-state index in [0.717, 1.165) is 18.5 Å². The molecule has 2 N–H and O–H groups in total. The predicted molar refractivity (Wildman–Crippen MR) is 79.4 cm³/mol. The van der Waals surface area contributed by atoms with E-state index in [0.29, 0.717) is 12.6 Å². The predicted octanol–water partition coefficient (Wildman–Crippen LogP) is 3.16. The molecule has 0 bridgehead atoms. The van der Waals surface area contributed by atoms with Crippen molar-refractivity contribution in [1.29, 1.82) is 0 Å². The van der Waals surface area contributed by atoms with E-state index < -0.39 is 0 Å². The van der Waals surface area contributed by atoms with Gasteiger partial charge in [0, 0.05) is 11.7 Å². The smallest absolute Gasteiger partial charge is 0.239 e. The maximum absolute atomic E-state index is 11.9. The molecule has 1 aromatic rings. The molecule has 0 atom stereocenters. The highest BCUT2D eigenvalue weighted by molar-refractivity contribution is 5.81. The number of anilines is 1. The average molecular weight is 260 g/mol. The van der Waals surface area contributed by atoms with Crippen molar-refractivity contribution in [2.24, 2.45) is 0 Å². The van der Waals surface area contributed by atoms with Gasteiger partial charge in [0.25, 0.3) is 0 Å². The summed E-state index contributed by atoms with van der Waals surface area (Å²) in [7, 11) is 0. The molecule has 0 spiro atoms. The first-order chi connectivity index (χ1) is 9.16. The van der Waals surface area contributed by atoms with Gasteiger partial charge in [-0.25, -0.2) is 0 Å². The molecule has 1 aliphatic rings. The monoisotopic (exact) mass is 260 g/mol. The van der Waals surface area contributed by atoms with Crippen molar-refractivity contribution in [3.8, 4) is 0 Å². The summed E-state index contributed by atoms with van der Waals surface area (Å²) in [6.07, 6.45) is 6.07. The molecule has 1 fully saturated rings. The minimum absolute atomic E-state index is 0.104. The van der Waals surface area contributed by atoms with E-state index in [1.54, 1.807) is 0 Å². The summed E-state index contributed by atoms with van der Waals surface area (Å²) < 4.78 is 0. The SMILES string of the molecule is Cc1cccc(NCC(=O)NC2CCCCC2)c1C. The van der Waals surface area contributed by atoms with Crippen LogP contribution in [0.5, 0.6) is 0 Å². The Bertz CT molecular complexity index is 436. The summed E-state index contributed by atoms with van der Waals surface area (Å²) in [5.41, 5.74) is 3.52. The molecule has 1 aliphatic carbocycles. The van der Waals surface area contributed by atoms with Crippen LogP contribution in [0.25, 0.3) is 0 Å². The van der Waals surface area contributed by atoms with E-state index in [2.05, 4.69) is 30.5 Å². The van der Waals surface area contributed by atoms with Gasteiger partial charge < -0.3 is 10.6 Å². The second kappa shape index (κ2) is 6.60. The van der Waals surface area contributed by atoms with Gasteiger partial charge in [-0.15, -0.1) is 0 Å². The third kappa shape index (κ3) is 3.98. The zero-order chi connectivity index (χ0) is 13.7. The zero-order valence-corrected chi connectivity index (χ0v) is 12.0. The third-order valence-corrected chi connectivity index (χ3v) is 4.01. The molecule has 1 aromatic carbocycles. The van der Waals surface area contributed by atoms with E-state index in [1.165, 1.54) is 30.4 Å². The van der Waals surface area contributed by atoms with Crippen molar-refractivity contribution in [3.05, 3.63) is 29.3 Å². The Morgan fingerprint density at radius 2 is 1.95 bits per heavy atom. The molecule has 0 saturated heterocycles. The van der Waals surface area contributed by atoms with E-state index in [9.17, 15) is 4.79 Å². The molecule has 3 heteroatoms. The molecule has 19 heavy (non-hydrogen) atoms. The number of aryl methyl sites for hydroxylation is 1. The quantitative estimate of drug-likeness (QED) is 0.873. The summed E-state index contributed by atoms with van der Waals surface area (Å²) in [6, 6.07) is 6.52. The van der Waals surface area contributed by atoms with E-state index in [1.807, 2.05) is 12.1 Å². The van der Waals surface area contributed by atoms with Crippen molar-refractivity contribution in [2.45, 2.75) is 52.0 Å². The number of hydrogen-bond donors (Lipinski definition) is 2. The molecule has 0 aromatic heterocycles. The number of nitrogens with one attached hydrogen (secondary N) is 2. The van der Waals surface area contributed by atoms with Gasteiger partial charge in [-0.1, -0.05) is 31.4 Å². The van der Waals surface area contributed by atoms with Crippen LogP contribution in [0.2, 0.25) is 0 Å². The molecule has 0 radical (unpaired) electrons. The first kappa shape index (κ1) is 13.9. The minimum atomic E-state index is 0.104. The van der Waals surface area contributed by atoms with Crippen LogP contribution < -0.4 is 10.6 Å². The van der Waals surface area contributed by atoms with Crippen molar-refractivity contribution in [1.82, 2.24) is 5.32 Å². The van der Waals surface area contributed by atoms with Crippen LogP contribution >= 0.6 is 0 Å². The van der Waals surface area contributed by atoms with E-state index >= 15 is 0 Å². The van der Waals surface area contributed by atoms with Gasteiger partial charge in [0.15, 0.2) is 0 Å². The van der Waals surface area contributed by atoms with Crippen LogP contribution in [0.1, 0.15) is 43.2 Å². The van der Waals surface area contributed by atoms with Crippen LogP contribution in [0.3, 0.4) is 0 Å². The number of hydrogen-bond acceptors (Lipinski definition) is 2. The molecular formula is C16H24N2O. The van der Waals surface area contributed by atoms with E-state index in [-0.39, 0.29) is 5.91 Å². The topological polar surface area (TPSA) is 41.1 Å². The van der Waals surface area contributed by atoms with Gasteiger partial charge in [-0.05, 0) is 43.9 Å². The molecule has 2 rings (SSSR count). The van der Waals surface area contributed by atoms with Gasteiger partial charge in [0.05, 0.1) is 6.54 Å². The number of carbonyl (C=O) groups is 1. The van der Waals surface area contributed by atoms with Crippen LogP contribution in [-0.4, -0.2) is 18.5 Å². The maximum Gasteiger partial charge on any atom is 0.239 e. The van der Waals surface area contributed by atoms with Crippen molar-refractivity contribution < 1.29 is 4.79 Å². The van der Waals surface area contributed by atoms with Gasteiger partial charge in [-0.3, -0.25) is 4.79 Å². The lowest BCUT2D eigenvalue weighted by molar-refractivity contribution is -0.120. The summed E-state index contributed by atoms with van der Waals surface area (Å²) >= 11 is 0. The van der Waals surface area contributed by atoms with Gasteiger partial charge >= 0.3 is 0 Å². The van der Waals surface area contributed by atoms with Crippen molar-refractivity contribution in [3.63, 3.8) is 0 Å². The molecule has 1 amide bonds. The Hall–Kier alpha value is -1.51. The highest BCUT2D eigenvalue weighted by atomic mass is 16.1. The highest BCUT2D eigenvalue weighted by Gasteiger charge is 2.15. The Morgan fingerprint density at radius 1 is 1.21 bits per heavy atom. The molecule has 0 unspecified atom stereocenters. The normalized spacial score (nSPS) is 16.1. The Labute approximate surface area is 115 Å². The fraction of sp³-hybridized carbons (Fsp3) is 0.562. The Balaban J connectivity index is 1.81. The van der Waals surface area contributed by atoms with Gasteiger partial charge in [0.1, 0.15) is 0 Å². The number of benzene rings is 1. The Kier molecular flexibility index (Phi) is 4.83. The Morgan fingerprint density at radius 3 is 2.68 bits per heavy atom. The largest absolute Gasteiger partial charge is 0.376 e. The van der Waals surface area contributed by atoms with Crippen LogP contribution in [0.4, 0.5) is 5.69 Å². The maximum atomic E-state index is 11.9. The fourth-order valence-electron chi connectivity index (χ4n) is 2.64. The lowest BCUT2D eigenvalue weighted by atomic mass is 9.95. The summed E-state index contributed by atoms with van der Waals surface area (Å²) in [6.45, 7) is 4.53. The first-order valence-electron chi connectivity index (χ1n) is 7.26. The van der Waals surface area contributed by atoms with E-state index in [4.69, 9.17) is 0 Å². The number of carbonyl (C=O) groups excluding carboxylic acids is 1. The minimum Gasteiger partial charge on any atom is -0.376 e. The van der Waals surface area contributed by atoms with Crippen LogP contribution in [0.15, 0.2) is 18.2 Å². The average Bonchev–Trinajstić information content (AvgIpc) is 2.42.